The fraction of sp³-hybridized carbons (Fsp3) is 0.364. The van der Waals surface area contributed by atoms with Gasteiger partial charge in [-0.25, -0.2) is 0 Å². The number of anilines is 1. The van der Waals surface area contributed by atoms with Crippen LogP contribution in [-0.4, -0.2) is 28.9 Å². The second-order valence-electron chi connectivity index (χ2n) is 3.53. The Labute approximate surface area is 119 Å². The summed E-state index contributed by atoms with van der Waals surface area (Å²) in [7, 11) is 0. The average molecular weight is 311 g/mol. The van der Waals surface area contributed by atoms with Crippen molar-refractivity contribution in [3.05, 3.63) is 24.3 Å². The maximum Gasteiger partial charge on any atom is 0.487 e. The number of alkyl halides is 3. The van der Waals surface area contributed by atoms with Crippen LogP contribution in [-0.2, 0) is 0 Å². The molecule has 0 unspecified atom stereocenters. The van der Waals surface area contributed by atoms with Gasteiger partial charge in [0.15, 0.2) is 5.11 Å². The molecule has 1 aromatic carbocycles. The second-order valence-corrected chi connectivity index (χ2v) is 4.38. The highest BCUT2D eigenvalue weighted by Crippen LogP contribution is 2.25. The van der Waals surface area contributed by atoms with Gasteiger partial charge in [-0.05, 0) is 42.9 Å². The summed E-state index contributed by atoms with van der Waals surface area (Å²) >= 11 is 9.63. The zero-order valence-corrected chi connectivity index (χ0v) is 11.4. The van der Waals surface area contributed by atoms with E-state index in [1.54, 1.807) is 0 Å². The summed E-state index contributed by atoms with van der Waals surface area (Å²) < 4.78 is 28.9. The van der Waals surface area contributed by atoms with Crippen LogP contribution in [0.15, 0.2) is 24.3 Å². The molecule has 0 bridgehead atoms. The molecule has 8 heteroatoms. The van der Waals surface area contributed by atoms with Gasteiger partial charge in [-0.3, -0.25) is 0 Å². The number of halogens is 3. The molecule has 0 aliphatic carbocycles. The molecular formula is C11H13ClF2N2O2S. The Morgan fingerprint density at radius 1 is 1.37 bits per heavy atom. The summed E-state index contributed by atoms with van der Waals surface area (Å²) in [6.07, 6.45) is 0.583. The predicted molar refractivity (Wildman–Crippen MR) is 73.8 cm³/mol. The minimum atomic E-state index is -3.73. The lowest BCUT2D eigenvalue weighted by Crippen LogP contribution is -2.29. The molecule has 0 amide bonds. The summed E-state index contributed by atoms with van der Waals surface area (Å²) in [5.74, 6) is -0.0512. The highest BCUT2D eigenvalue weighted by molar-refractivity contribution is 7.80. The van der Waals surface area contributed by atoms with Crippen molar-refractivity contribution in [2.45, 2.75) is 12.0 Å². The molecule has 0 spiro atoms. The van der Waals surface area contributed by atoms with Gasteiger partial charge in [-0.1, -0.05) is 0 Å². The van der Waals surface area contributed by atoms with E-state index in [0.29, 0.717) is 23.8 Å². The Morgan fingerprint density at radius 3 is 2.53 bits per heavy atom. The summed E-state index contributed by atoms with van der Waals surface area (Å²) in [5, 5.41) is 14.7. The van der Waals surface area contributed by atoms with Crippen molar-refractivity contribution >= 4 is 34.6 Å². The first-order valence-electron chi connectivity index (χ1n) is 5.42. The van der Waals surface area contributed by atoms with Gasteiger partial charge in [-0.15, -0.1) is 8.78 Å². The first-order chi connectivity index (χ1) is 8.90. The lowest BCUT2D eigenvalue weighted by Gasteiger charge is -2.12. The lowest BCUT2D eigenvalue weighted by molar-refractivity contribution is -0.0964. The van der Waals surface area contributed by atoms with Crippen molar-refractivity contribution in [3.63, 3.8) is 0 Å². The van der Waals surface area contributed by atoms with Gasteiger partial charge in [0.1, 0.15) is 5.75 Å². The molecule has 0 saturated carbocycles. The molecule has 0 heterocycles. The number of aliphatic hydroxyl groups is 1. The first-order valence-corrected chi connectivity index (χ1v) is 6.21. The normalized spacial score (nSPS) is 10.9. The van der Waals surface area contributed by atoms with Crippen LogP contribution in [0.4, 0.5) is 14.5 Å². The van der Waals surface area contributed by atoms with E-state index in [9.17, 15) is 8.78 Å². The van der Waals surface area contributed by atoms with Gasteiger partial charge >= 0.3 is 5.57 Å². The monoisotopic (exact) mass is 310 g/mol. The number of thiocarbonyl (C=S) groups is 1. The smallest absolute Gasteiger partial charge is 0.420 e. The number of ether oxygens (including phenoxy) is 1. The molecule has 1 aromatic rings. The minimum absolute atomic E-state index is 0.0512. The van der Waals surface area contributed by atoms with Gasteiger partial charge in [0.25, 0.3) is 0 Å². The van der Waals surface area contributed by atoms with E-state index in [4.69, 9.17) is 17.3 Å². The van der Waals surface area contributed by atoms with Gasteiger partial charge in [0, 0.05) is 30.4 Å². The Morgan fingerprint density at radius 2 is 2.00 bits per heavy atom. The summed E-state index contributed by atoms with van der Waals surface area (Å²) in [5.41, 5.74) is -3.11. The summed E-state index contributed by atoms with van der Waals surface area (Å²) in [6.45, 7) is 0.621. The third-order valence-corrected chi connectivity index (χ3v) is 2.29. The number of aliphatic hydroxyl groups excluding tert-OH is 1. The maximum absolute atomic E-state index is 12.4. The number of benzene rings is 1. The van der Waals surface area contributed by atoms with Gasteiger partial charge < -0.3 is 20.5 Å². The van der Waals surface area contributed by atoms with Crippen molar-refractivity contribution < 1.29 is 18.6 Å². The molecule has 106 valence electrons. The Hall–Kier alpha value is -1.18. The van der Waals surface area contributed by atoms with Crippen molar-refractivity contribution in [1.82, 2.24) is 5.32 Å². The Bertz CT molecular complexity index is 412. The molecule has 0 aromatic heterocycles. The van der Waals surface area contributed by atoms with Crippen molar-refractivity contribution in [3.8, 4) is 5.75 Å². The zero-order valence-electron chi connectivity index (χ0n) is 9.83. The summed E-state index contributed by atoms with van der Waals surface area (Å²) in [4.78, 5) is 0. The van der Waals surface area contributed by atoms with E-state index in [1.165, 1.54) is 24.3 Å². The molecule has 0 radical (unpaired) electrons. The van der Waals surface area contributed by atoms with Crippen LogP contribution < -0.4 is 15.4 Å². The van der Waals surface area contributed by atoms with E-state index < -0.39 is 5.57 Å². The quantitative estimate of drug-likeness (QED) is 0.428. The number of hydrogen-bond donors (Lipinski definition) is 3. The van der Waals surface area contributed by atoms with Crippen LogP contribution in [0.5, 0.6) is 5.75 Å². The second kappa shape index (κ2) is 7.42. The van der Waals surface area contributed by atoms with Crippen LogP contribution in [0.2, 0.25) is 0 Å². The fourth-order valence-corrected chi connectivity index (χ4v) is 1.51. The topological polar surface area (TPSA) is 53.5 Å². The Balaban J connectivity index is 2.46. The zero-order chi connectivity index (χ0) is 14.3. The van der Waals surface area contributed by atoms with E-state index in [-0.39, 0.29) is 12.4 Å². The lowest BCUT2D eigenvalue weighted by atomic mass is 10.3. The highest BCUT2D eigenvalue weighted by Gasteiger charge is 2.27. The van der Waals surface area contributed by atoms with Gasteiger partial charge in [0.2, 0.25) is 0 Å². The number of rotatable bonds is 6. The van der Waals surface area contributed by atoms with Crippen molar-refractivity contribution in [2.24, 2.45) is 0 Å². The van der Waals surface area contributed by atoms with Crippen LogP contribution in [0.25, 0.3) is 0 Å². The van der Waals surface area contributed by atoms with Gasteiger partial charge in [-0.2, -0.15) is 0 Å². The third kappa shape index (κ3) is 7.09. The Kier molecular flexibility index (Phi) is 6.20. The SMILES string of the molecule is OCCCNC(=S)Nc1ccc(OC(F)(F)Cl)cc1. The number of nitrogens with one attached hydrogen (secondary N) is 2. The van der Waals surface area contributed by atoms with E-state index in [2.05, 4.69) is 27.0 Å². The third-order valence-electron chi connectivity index (χ3n) is 1.97. The largest absolute Gasteiger partial charge is 0.487 e. The standard InChI is InChI=1S/C11H13ClF2N2O2S/c12-11(13,14)18-9-4-2-8(3-5-9)16-10(19)15-6-1-7-17/h2-5,17H,1,6-7H2,(H2,15,16,19). The average Bonchev–Trinajstić information content (AvgIpc) is 2.30. The molecule has 0 atom stereocenters. The minimum Gasteiger partial charge on any atom is -0.420 e. The molecule has 4 nitrogen and oxygen atoms in total. The number of hydrogen-bond acceptors (Lipinski definition) is 3. The molecule has 0 saturated heterocycles. The summed E-state index contributed by atoms with van der Waals surface area (Å²) in [6, 6.07) is 5.74. The first kappa shape index (κ1) is 15.9. The molecule has 19 heavy (non-hydrogen) atoms. The highest BCUT2D eigenvalue weighted by atomic mass is 35.5. The molecule has 3 N–H and O–H groups in total. The van der Waals surface area contributed by atoms with E-state index >= 15 is 0 Å². The van der Waals surface area contributed by atoms with Gasteiger partial charge in [0.05, 0.1) is 0 Å². The fourth-order valence-electron chi connectivity index (χ4n) is 1.20. The van der Waals surface area contributed by atoms with Crippen LogP contribution >= 0.6 is 23.8 Å². The van der Waals surface area contributed by atoms with Crippen molar-refractivity contribution in [2.75, 3.05) is 18.5 Å². The van der Waals surface area contributed by atoms with E-state index in [1.807, 2.05) is 0 Å². The van der Waals surface area contributed by atoms with Crippen LogP contribution in [0.1, 0.15) is 6.42 Å². The maximum atomic E-state index is 12.4. The molecular weight excluding hydrogens is 298 g/mol. The predicted octanol–water partition coefficient (Wildman–Crippen LogP) is 2.52. The van der Waals surface area contributed by atoms with Crippen LogP contribution in [0.3, 0.4) is 0 Å². The molecule has 0 aliphatic rings. The van der Waals surface area contributed by atoms with Crippen LogP contribution in [0, 0.1) is 0 Å². The molecule has 0 fully saturated rings. The molecule has 1 rings (SSSR count). The van der Waals surface area contributed by atoms with E-state index in [0.717, 1.165) is 0 Å². The molecule has 0 aliphatic heterocycles. The van der Waals surface area contributed by atoms with Crippen molar-refractivity contribution in [1.29, 1.82) is 0 Å².